The van der Waals surface area contributed by atoms with E-state index in [-0.39, 0.29) is 5.84 Å². The highest BCUT2D eigenvalue weighted by atomic mass is 16.5. The number of rotatable bonds is 3. The van der Waals surface area contributed by atoms with Crippen molar-refractivity contribution in [3.8, 4) is 11.6 Å². The number of aromatic nitrogens is 1. The number of nitrogens with two attached hydrogens (primary N) is 1. The third-order valence-corrected chi connectivity index (χ3v) is 3.21. The number of hydrogen-bond acceptors (Lipinski definition) is 4. The van der Waals surface area contributed by atoms with Crippen LogP contribution >= 0.6 is 0 Å². The first-order valence-electron chi connectivity index (χ1n) is 6.63. The summed E-state index contributed by atoms with van der Waals surface area (Å²) in [6.45, 7) is 7.73. The molecule has 0 atom stereocenters. The van der Waals surface area contributed by atoms with Crippen molar-refractivity contribution < 1.29 is 9.94 Å². The van der Waals surface area contributed by atoms with Crippen molar-refractivity contribution in [1.29, 1.82) is 0 Å². The minimum atomic E-state index is -0.0141. The van der Waals surface area contributed by atoms with Crippen LogP contribution in [0.4, 0.5) is 0 Å². The zero-order valence-corrected chi connectivity index (χ0v) is 12.6. The van der Waals surface area contributed by atoms with Crippen LogP contribution in [0, 0.1) is 27.7 Å². The summed E-state index contributed by atoms with van der Waals surface area (Å²) in [5.41, 5.74) is 10.1. The Bertz CT molecular complexity index is 709. The molecule has 0 bridgehead atoms. The second-order valence-corrected chi connectivity index (χ2v) is 5.12. The molecular formula is C16H19N3O2. The molecule has 0 unspecified atom stereocenters. The van der Waals surface area contributed by atoms with Crippen molar-refractivity contribution in [2.75, 3.05) is 0 Å². The Hall–Kier alpha value is -2.56. The van der Waals surface area contributed by atoms with Crippen LogP contribution in [0.15, 0.2) is 29.4 Å². The van der Waals surface area contributed by atoms with E-state index in [9.17, 15) is 0 Å². The lowest BCUT2D eigenvalue weighted by Gasteiger charge is -2.14. The minimum Gasteiger partial charge on any atom is -0.438 e. The fraction of sp³-hybridized carbons (Fsp3) is 0.250. The molecule has 3 N–H and O–H groups in total. The number of nitrogens with zero attached hydrogens (tertiary/aromatic N) is 2. The molecule has 0 aliphatic rings. The highest BCUT2D eigenvalue weighted by molar-refractivity contribution is 6.00. The molecule has 2 aromatic rings. The van der Waals surface area contributed by atoms with E-state index in [1.165, 1.54) is 0 Å². The summed E-state index contributed by atoms with van der Waals surface area (Å²) in [4.78, 5) is 4.37. The van der Waals surface area contributed by atoms with Gasteiger partial charge in [0.25, 0.3) is 0 Å². The third-order valence-electron chi connectivity index (χ3n) is 3.21. The SMILES string of the molecule is Cc1ccc(Oc2nc(C)cc(C)c2C(N)=NO)c(C)c1. The van der Waals surface area contributed by atoms with E-state index >= 15 is 0 Å². The first-order valence-corrected chi connectivity index (χ1v) is 6.63. The molecule has 0 aliphatic heterocycles. The smallest absolute Gasteiger partial charge is 0.230 e. The Morgan fingerprint density at radius 2 is 1.86 bits per heavy atom. The summed E-state index contributed by atoms with van der Waals surface area (Å²) in [6.07, 6.45) is 0. The average Bonchev–Trinajstić information content (AvgIpc) is 2.40. The molecule has 0 amide bonds. The van der Waals surface area contributed by atoms with Crippen LogP contribution in [0.2, 0.25) is 0 Å². The molecule has 0 saturated heterocycles. The van der Waals surface area contributed by atoms with Crippen LogP contribution in [0.25, 0.3) is 0 Å². The van der Waals surface area contributed by atoms with Crippen molar-refractivity contribution in [2.24, 2.45) is 10.9 Å². The largest absolute Gasteiger partial charge is 0.438 e. The molecule has 5 nitrogen and oxygen atoms in total. The number of oxime groups is 1. The highest BCUT2D eigenvalue weighted by Crippen LogP contribution is 2.29. The molecule has 1 aromatic carbocycles. The summed E-state index contributed by atoms with van der Waals surface area (Å²) in [5.74, 6) is 1.03. The van der Waals surface area contributed by atoms with Crippen LogP contribution in [0.5, 0.6) is 11.6 Å². The normalized spacial score (nSPS) is 11.5. The van der Waals surface area contributed by atoms with Gasteiger partial charge in [-0.2, -0.15) is 0 Å². The quantitative estimate of drug-likeness (QED) is 0.393. The molecule has 0 saturated carbocycles. The Labute approximate surface area is 124 Å². The lowest BCUT2D eigenvalue weighted by Crippen LogP contribution is -2.17. The van der Waals surface area contributed by atoms with Crippen LogP contribution < -0.4 is 10.5 Å². The topological polar surface area (TPSA) is 80.7 Å². The number of ether oxygens (including phenoxy) is 1. The van der Waals surface area contributed by atoms with Gasteiger partial charge in [0.2, 0.25) is 5.88 Å². The van der Waals surface area contributed by atoms with Gasteiger partial charge in [0.15, 0.2) is 5.84 Å². The van der Waals surface area contributed by atoms with Gasteiger partial charge >= 0.3 is 0 Å². The maximum absolute atomic E-state index is 8.94. The molecule has 2 rings (SSSR count). The summed E-state index contributed by atoms with van der Waals surface area (Å²) in [5, 5.41) is 12.0. The van der Waals surface area contributed by atoms with E-state index in [1.807, 2.05) is 52.0 Å². The Morgan fingerprint density at radius 3 is 2.48 bits per heavy atom. The number of benzene rings is 1. The molecule has 1 heterocycles. The van der Waals surface area contributed by atoms with Gasteiger partial charge in [0.05, 0.1) is 5.56 Å². The van der Waals surface area contributed by atoms with Gasteiger partial charge in [0.1, 0.15) is 5.75 Å². The van der Waals surface area contributed by atoms with E-state index in [1.54, 1.807) is 0 Å². The molecule has 0 fully saturated rings. The first kappa shape index (κ1) is 14.8. The fourth-order valence-corrected chi connectivity index (χ4v) is 2.26. The highest BCUT2D eigenvalue weighted by Gasteiger charge is 2.16. The molecule has 1 aromatic heterocycles. The predicted molar refractivity (Wildman–Crippen MR) is 82.2 cm³/mol. The number of aryl methyl sites for hydroxylation is 4. The molecule has 0 spiro atoms. The Morgan fingerprint density at radius 1 is 1.14 bits per heavy atom. The van der Waals surface area contributed by atoms with E-state index in [4.69, 9.17) is 15.7 Å². The van der Waals surface area contributed by atoms with Gasteiger partial charge in [-0.15, -0.1) is 0 Å². The molecular weight excluding hydrogens is 266 g/mol. The van der Waals surface area contributed by atoms with Crippen molar-refractivity contribution in [3.05, 3.63) is 52.2 Å². The summed E-state index contributed by atoms with van der Waals surface area (Å²) in [7, 11) is 0. The number of amidine groups is 1. The maximum atomic E-state index is 8.94. The predicted octanol–water partition coefficient (Wildman–Crippen LogP) is 3.20. The van der Waals surface area contributed by atoms with Gasteiger partial charge in [-0.3, -0.25) is 0 Å². The van der Waals surface area contributed by atoms with E-state index in [0.717, 1.165) is 22.4 Å². The number of hydrogen-bond donors (Lipinski definition) is 2. The molecule has 110 valence electrons. The zero-order chi connectivity index (χ0) is 15.6. The summed E-state index contributed by atoms with van der Waals surface area (Å²) >= 11 is 0. The fourth-order valence-electron chi connectivity index (χ4n) is 2.26. The average molecular weight is 285 g/mol. The maximum Gasteiger partial charge on any atom is 0.230 e. The summed E-state index contributed by atoms with van der Waals surface area (Å²) in [6, 6.07) is 7.75. The van der Waals surface area contributed by atoms with E-state index < -0.39 is 0 Å². The molecule has 0 radical (unpaired) electrons. The second-order valence-electron chi connectivity index (χ2n) is 5.12. The Balaban J connectivity index is 2.53. The van der Waals surface area contributed by atoms with Crippen molar-refractivity contribution in [3.63, 3.8) is 0 Å². The van der Waals surface area contributed by atoms with Crippen LogP contribution in [0.3, 0.4) is 0 Å². The van der Waals surface area contributed by atoms with Crippen LogP contribution in [-0.2, 0) is 0 Å². The molecule has 5 heteroatoms. The summed E-state index contributed by atoms with van der Waals surface area (Å²) < 4.78 is 5.90. The van der Waals surface area contributed by atoms with Gasteiger partial charge < -0.3 is 15.7 Å². The van der Waals surface area contributed by atoms with E-state index in [0.29, 0.717) is 17.2 Å². The van der Waals surface area contributed by atoms with Gasteiger partial charge in [-0.25, -0.2) is 4.98 Å². The van der Waals surface area contributed by atoms with Gasteiger partial charge in [-0.1, -0.05) is 22.9 Å². The van der Waals surface area contributed by atoms with E-state index in [2.05, 4.69) is 10.1 Å². The second kappa shape index (κ2) is 5.83. The zero-order valence-electron chi connectivity index (χ0n) is 12.6. The lowest BCUT2D eigenvalue weighted by molar-refractivity contribution is 0.318. The molecule has 21 heavy (non-hydrogen) atoms. The van der Waals surface area contributed by atoms with Crippen molar-refractivity contribution in [2.45, 2.75) is 27.7 Å². The van der Waals surface area contributed by atoms with Crippen LogP contribution in [0.1, 0.15) is 27.9 Å². The van der Waals surface area contributed by atoms with Crippen molar-refractivity contribution in [1.82, 2.24) is 4.98 Å². The van der Waals surface area contributed by atoms with Crippen LogP contribution in [-0.4, -0.2) is 16.0 Å². The first-order chi connectivity index (χ1) is 9.92. The minimum absolute atomic E-state index is 0.0141. The van der Waals surface area contributed by atoms with Crippen molar-refractivity contribution >= 4 is 5.84 Å². The van der Waals surface area contributed by atoms with Gasteiger partial charge in [-0.05, 0) is 51.0 Å². The molecule has 0 aliphatic carbocycles. The third kappa shape index (κ3) is 3.13. The number of pyridine rings is 1. The Kier molecular flexibility index (Phi) is 4.12. The monoisotopic (exact) mass is 285 g/mol. The lowest BCUT2D eigenvalue weighted by atomic mass is 10.1. The standard InChI is InChI=1S/C16H19N3O2/c1-9-5-6-13(10(2)7-9)21-16-14(15(17)19-20)11(3)8-12(4)18-16/h5-8,20H,1-4H3,(H2,17,19). The van der Waals surface area contributed by atoms with Gasteiger partial charge in [0, 0.05) is 5.69 Å².